The molecule has 0 aromatic heterocycles. The first-order valence-electron chi connectivity index (χ1n) is 8.85. The molecule has 1 N–H and O–H groups in total. The smallest absolute Gasteiger partial charge is 0.315 e. The predicted octanol–water partition coefficient (Wildman–Crippen LogP) is 3.93. The van der Waals surface area contributed by atoms with Crippen molar-refractivity contribution in [3.8, 4) is 5.75 Å². The minimum atomic E-state index is -0.516. The fourth-order valence-corrected chi connectivity index (χ4v) is 3.00. The van der Waals surface area contributed by atoms with Crippen LogP contribution in [0.4, 0.5) is 5.69 Å². The Kier molecular flexibility index (Phi) is 7.59. The molecule has 5 heteroatoms. The summed E-state index contributed by atoms with van der Waals surface area (Å²) in [6.07, 6.45) is 7.57. The van der Waals surface area contributed by atoms with E-state index in [1.165, 1.54) is 32.1 Å². The Bertz CT molecular complexity index is 521. The Morgan fingerprint density at radius 2 is 1.83 bits per heavy atom. The third-order valence-corrected chi connectivity index (χ3v) is 4.27. The monoisotopic (exact) mass is 333 g/mol. The van der Waals surface area contributed by atoms with Crippen molar-refractivity contribution in [2.45, 2.75) is 51.9 Å². The molecular formula is C19H27NO4. The van der Waals surface area contributed by atoms with Crippen molar-refractivity contribution < 1.29 is 19.1 Å². The van der Waals surface area contributed by atoms with Gasteiger partial charge in [-0.05, 0) is 43.5 Å². The van der Waals surface area contributed by atoms with Crippen LogP contribution in [0.3, 0.4) is 0 Å². The Morgan fingerprint density at radius 1 is 1.12 bits per heavy atom. The molecule has 1 aromatic carbocycles. The van der Waals surface area contributed by atoms with E-state index in [9.17, 15) is 9.59 Å². The summed E-state index contributed by atoms with van der Waals surface area (Å²) in [5.74, 6) is 0.714. The molecule has 0 spiro atoms. The predicted molar refractivity (Wildman–Crippen MR) is 93.0 cm³/mol. The van der Waals surface area contributed by atoms with Crippen LogP contribution in [0.15, 0.2) is 24.3 Å². The number of esters is 1. The molecule has 0 unspecified atom stereocenters. The molecule has 1 aliphatic carbocycles. The van der Waals surface area contributed by atoms with Gasteiger partial charge in [0.05, 0.1) is 13.2 Å². The molecule has 132 valence electrons. The summed E-state index contributed by atoms with van der Waals surface area (Å²) in [7, 11) is 0. The number of carbonyl (C=O) groups excluding carboxylic acids is 2. The van der Waals surface area contributed by atoms with Crippen LogP contribution in [0.2, 0.25) is 0 Å². The van der Waals surface area contributed by atoms with Crippen molar-refractivity contribution in [1.82, 2.24) is 0 Å². The summed E-state index contributed by atoms with van der Waals surface area (Å²) in [5.41, 5.74) is 0.643. The van der Waals surface area contributed by atoms with Crippen molar-refractivity contribution in [1.29, 1.82) is 0 Å². The molecule has 0 aliphatic heterocycles. The third kappa shape index (κ3) is 6.60. The van der Waals surface area contributed by atoms with Gasteiger partial charge in [-0.2, -0.15) is 0 Å². The molecule has 0 heterocycles. The van der Waals surface area contributed by atoms with Gasteiger partial charge in [0, 0.05) is 5.69 Å². The number of ether oxygens (including phenoxy) is 2. The zero-order chi connectivity index (χ0) is 17.2. The van der Waals surface area contributed by atoms with Crippen molar-refractivity contribution in [2.24, 2.45) is 5.92 Å². The lowest BCUT2D eigenvalue weighted by Crippen LogP contribution is -2.18. The number of benzene rings is 1. The van der Waals surface area contributed by atoms with Crippen LogP contribution < -0.4 is 10.1 Å². The molecule has 0 atom stereocenters. The summed E-state index contributed by atoms with van der Waals surface area (Å²) in [5, 5.41) is 2.67. The quantitative estimate of drug-likeness (QED) is 0.578. The van der Waals surface area contributed by atoms with E-state index in [4.69, 9.17) is 9.47 Å². The molecule has 1 amide bonds. The fourth-order valence-electron chi connectivity index (χ4n) is 3.00. The van der Waals surface area contributed by atoms with Gasteiger partial charge in [0.2, 0.25) is 5.91 Å². The van der Waals surface area contributed by atoms with Crippen molar-refractivity contribution >= 4 is 17.6 Å². The van der Waals surface area contributed by atoms with Gasteiger partial charge in [-0.25, -0.2) is 0 Å². The summed E-state index contributed by atoms with van der Waals surface area (Å²) in [4.78, 5) is 22.9. The highest BCUT2D eigenvalue weighted by molar-refractivity contribution is 6.01. The van der Waals surface area contributed by atoms with E-state index in [0.29, 0.717) is 5.69 Å². The standard InChI is InChI=1S/C19H27NO4/c1-2-23-19(22)14-18(21)20-16-8-10-17(11-9-16)24-13-12-15-6-4-3-5-7-15/h8-11,15H,2-7,12-14H2,1H3,(H,20,21). The van der Waals surface area contributed by atoms with E-state index in [-0.39, 0.29) is 18.9 Å². The zero-order valence-electron chi connectivity index (χ0n) is 14.4. The molecule has 0 radical (unpaired) electrons. The van der Waals surface area contributed by atoms with Gasteiger partial charge < -0.3 is 14.8 Å². The van der Waals surface area contributed by atoms with Gasteiger partial charge in [0.1, 0.15) is 12.2 Å². The summed E-state index contributed by atoms with van der Waals surface area (Å²) < 4.78 is 10.5. The molecule has 1 aliphatic rings. The van der Waals surface area contributed by atoms with Crippen LogP contribution in [-0.4, -0.2) is 25.1 Å². The molecule has 1 saturated carbocycles. The molecule has 1 aromatic rings. The Morgan fingerprint density at radius 3 is 2.50 bits per heavy atom. The lowest BCUT2D eigenvalue weighted by atomic mass is 9.87. The van der Waals surface area contributed by atoms with E-state index < -0.39 is 5.97 Å². The lowest BCUT2D eigenvalue weighted by Gasteiger charge is -2.21. The molecule has 0 bridgehead atoms. The first kappa shape index (κ1) is 18.3. The van der Waals surface area contributed by atoms with Gasteiger partial charge in [0.15, 0.2) is 0 Å². The maximum atomic E-state index is 11.7. The average molecular weight is 333 g/mol. The largest absolute Gasteiger partial charge is 0.494 e. The van der Waals surface area contributed by atoms with Crippen LogP contribution in [0, 0.1) is 5.92 Å². The minimum Gasteiger partial charge on any atom is -0.494 e. The number of nitrogens with one attached hydrogen (secondary N) is 1. The maximum Gasteiger partial charge on any atom is 0.315 e. The number of carbonyl (C=O) groups is 2. The van der Waals surface area contributed by atoms with E-state index in [1.54, 1.807) is 19.1 Å². The molecule has 5 nitrogen and oxygen atoms in total. The molecule has 1 fully saturated rings. The first-order chi connectivity index (χ1) is 11.7. The summed E-state index contributed by atoms with van der Waals surface area (Å²) in [6, 6.07) is 7.22. The number of hydrogen-bond acceptors (Lipinski definition) is 4. The van der Waals surface area contributed by atoms with Gasteiger partial charge in [-0.15, -0.1) is 0 Å². The number of amides is 1. The van der Waals surface area contributed by atoms with E-state index in [1.807, 2.05) is 12.1 Å². The zero-order valence-corrected chi connectivity index (χ0v) is 14.4. The highest BCUT2D eigenvalue weighted by Crippen LogP contribution is 2.26. The second-order valence-electron chi connectivity index (χ2n) is 6.20. The second-order valence-corrected chi connectivity index (χ2v) is 6.20. The second kappa shape index (κ2) is 9.96. The van der Waals surface area contributed by atoms with Gasteiger partial charge in [0.25, 0.3) is 0 Å². The van der Waals surface area contributed by atoms with Crippen molar-refractivity contribution in [3.63, 3.8) is 0 Å². The third-order valence-electron chi connectivity index (χ3n) is 4.27. The van der Waals surface area contributed by atoms with Crippen LogP contribution in [-0.2, 0) is 14.3 Å². The van der Waals surface area contributed by atoms with Crippen LogP contribution in [0.5, 0.6) is 5.75 Å². The Balaban J connectivity index is 1.70. The van der Waals surface area contributed by atoms with Crippen molar-refractivity contribution in [3.05, 3.63) is 24.3 Å². The SMILES string of the molecule is CCOC(=O)CC(=O)Nc1ccc(OCCC2CCCCC2)cc1. The Labute approximate surface area is 143 Å². The normalized spacial score (nSPS) is 14.9. The topological polar surface area (TPSA) is 64.6 Å². The van der Waals surface area contributed by atoms with E-state index in [0.717, 1.165) is 24.7 Å². The van der Waals surface area contributed by atoms with Crippen LogP contribution >= 0.6 is 0 Å². The molecule has 24 heavy (non-hydrogen) atoms. The molecule has 0 saturated heterocycles. The van der Waals surface area contributed by atoms with E-state index in [2.05, 4.69) is 5.32 Å². The molecular weight excluding hydrogens is 306 g/mol. The van der Waals surface area contributed by atoms with Gasteiger partial charge in [-0.1, -0.05) is 32.1 Å². The lowest BCUT2D eigenvalue weighted by molar-refractivity contribution is -0.145. The highest BCUT2D eigenvalue weighted by atomic mass is 16.5. The molecule has 2 rings (SSSR count). The van der Waals surface area contributed by atoms with E-state index >= 15 is 0 Å². The number of rotatable bonds is 8. The highest BCUT2D eigenvalue weighted by Gasteiger charge is 2.13. The fraction of sp³-hybridized carbons (Fsp3) is 0.579. The summed E-state index contributed by atoms with van der Waals surface area (Å²) in [6.45, 7) is 2.72. The number of hydrogen-bond donors (Lipinski definition) is 1. The van der Waals surface area contributed by atoms with Gasteiger partial charge in [-0.3, -0.25) is 9.59 Å². The van der Waals surface area contributed by atoms with Crippen LogP contribution in [0.1, 0.15) is 51.9 Å². The minimum absolute atomic E-state index is 0.270. The Hall–Kier alpha value is -2.04. The van der Waals surface area contributed by atoms with Crippen molar-refractivity contribution in [2.75, 3.05) is 18.5 Å². The first-order valence-corrected chi connectivity index (χ1v) is 8.85. The van der Waals surface area contributed by atoms with Crippen LogP contribution in [0.25, 0.3) is 0 Å². The average Bonchev–Trinajstić information content (AvgIpc) is 2.57. The number of anilines is 1. The maximum absolute atomic E-state index is 11.7. The summed E-state index contributed by atoms with van der Waals surface area (Å²) >= 11 is 0. The van der Waals surface area contributed by atoms with Gasteiger partial charge >= 0.3 is 5.97 Å².